The lowest BCUT2D eigenvalue weighted by atomic mass is 10.5. The predicted octanol–water partition coefficient (Wildman–Crippen LogP) is 0.102. The Morgan fingerprint density at radius 3 is 3.09 bits per heavy atom. The molecule has 2 rings (SSSR count). The van der Waals surface area contributed by atoms with Crippen LogP contribution >= 0.6 is 0 Å². The van der Waals surface area contributed by atoms with Crippen molar-refractivity contribution in [3.8, 4) is 0 Å². The van der Waals surface area contributed by atoms with E-state index in [9.17, 15) is 0 Å². The second kappa shape index (κ2) is 2.38. The van der Waals surface area contributed by atoms with Gasteiger partial charge in [-0.25, -0.2) is 4.98 Å². The molecule has 0 fully saturated rings. The van der Waals surface area contributed by atoms with E-state index in [0.717, 1.165) is 24.7 Å². The largest absolute Gasteiger partial charge is 0.355 e. The second-order valence-corrected chi connectivity index (χ2v) is 2.56. The number of amidine groups is 1. The van der Waals surface area contributed by atoms with Crippen LogP contribution in [0, 0.1) is 0 Å². The van der Waals surface area contributed by atoms with Crippen LogP contribution in [0.1, 0.15) is 5.82 Å². The number of hydrogen-bond acceptors (Lipinski definition) is 3. The summed E-state index contributed by atoms with van der Waals surface area (Å²) in [4.78, 5) is 13.6. The van der Waals surface area contributed by atoms with Gasteiger partial charge in [-0.2, -0.15) is 0 Å². The van der Waals surface area contributed by atoms with E-state index in [4.69, 9.17) is 0 Å². The fraction of sp³-hybridized carbons (Fsp3) is 0.429. The van der Waals surface area contributed by atoms with Crippen LogP contribution in [0.25, 0.3) is 0 Å². The molecule has 0 aliphatic carbocycles. The molecule has 0 bridgehead atoms. The maximum Gasteiger partial charge on any atom is 0.173 e. The first-order chi connectivity index (χ1) is 5.38. The van der Waals surface area contributed by atoms with Crippen molar-refractivity contribution in [2.45, 2.75) is 0 Å². The molecule has 1 aromatic rings. The van der Waals surface area contributed by atoms with Gasteiger partial charge in [0.2, 0.25) is 0 Å². The van der Waals surface area contributed by atoms with Crippen LogP contribution in [-0.4, -0.2) is 40.8 Å². The Balaban J connectivity index is 2.30. The van der Waals surface area contributed by atoms with Crippen molar-refractivity contribution >= 4 is 5.84 Å². The highest BCUT2D eigenvalue weighted by atomic mass is 15.2. The van der Waals surface area contributed by atoms with Gasteiger partial charge in [0.25, 0.3) is 0 Å². The SMILES string of the molecule is CN1CCN=C1c1ncc[nH]1. The fourth-order valence-corrected chi connectivity index (χ4v) is 1.18. The molecule has 0 atom stereocenters. The van der Waals surface area contributed by atoms with Crippen LogP contribution in [0.5, 0.6) is 0 Å². The summed E-state index contributed by atoms with van der Waals surface area (Å²) in [5.74, 6) is 1.83. The molecule has 1 aromatic heterocycles. The minimum Gasteiger partial charge on any atom is -0.355 e. The minimum absolute atomic E-state index is 0.866. The topological polar surface area (TPSA) is 44.3 Å². The van der Waals surface area contributed by atoms with E-state index in [0.29, 0.717) is 0 Å². The third-order valence-corrected chi connectivity index (χ3v) is 1.77. The third-order valence-electron chi connectivity index (χ3n) is 1.77. The van der Waals surface area contributed by atoms with Gasteiger partial charge in [0.05, 0.1) is 6.54 Å². The van der Waals surface area contributed by atoms with E-state index < -0.39 is 0 Å². The third kappa shape index (κ3) is 1.00. The number of rotatable bonds is 1. The van der Waals surface area contributed by atoms with Crippen LogP contribution in [0.3, 0.4) is 0 Å². The van der Waals surface area contributed by atoms with E-state index in [2.05, 4.69) is 19.9 Å². The Morgan fingerprint density at radius 2 is 2.55 bits per heavy atom. The Bertz CT molecular complexity index is 262. The second-order valence-electron chi connectivity index (χ2n) is 2.56. The highest BCUT2D eigenvalue weighted by molar-refractivity contribution is 5.96. The summed E-state index contributed by atoms with van der Waals surface area (Å²) in [5.41, 5.74) is 0. The number of hydrogen-bond donors (Lipinski definition) is 1. The summed E-state index contributed by atoms with van der Waals surface area (Å²) in [6.07, 6.45) is 3.55. The first-order valence-corrected chi connectivity index (χ1v) is 3.63. The van der Waals surface area contributed by atoms with Gasteiger partial charge < -0.3 is 9.88 Å². The predicted molar refractivity (Wildman–Crippen MR) is 42.6 cm³/mol. The number of aromatic amines is 1. The molecule has 0 amide bonds. The molecule has 0 aromatic carbocycles. The maximum atomic E-state index is 4.31. The summed E-state index contributed by atoms with van der Waals surface area (Å²) >= 11 is 0. The summed E-state index contributed by atoms with van der Waals surface area (Å²) in [6, 6.07) is 0. The lowest BCUT2D eigenvalue weighted by Crippen LogP contribution is -2.24. The summed E-state index contributed by atoms with van der Waals surface area (Å²) in [7, 11) is 2.02. The van der Waals surface area contributed by atoms with Crippen LogP contribution in [0.2, 0.25) is 0 Å². The average molecular weight is 150 g/mol. The normalized spacial score (nSPS) is 17.2. The molecule has 0 saturated heterocycles. The standard InChI is InChI=1S/C7H10N4/c1-11-5-4-10-7(11)6-8-2-3-9-6/h2-3H,4-5H2,1H3,(H,8,9). The number of nitrogens with zero attached hydrogens (tertiary/aromatic N) is 3. The van der Waals surface area contributed by atoms with Gasteiger partial charge in [0.1, 0.15) is 0 Å². The number of aromatic nitrogens is 2. The van der Waals surface area contributed by atoms with Crippen LogP contribution in [0.15, 0.2) is 17.4 Å². The number of aliphatic imine (C=N–C) groups is 1. The smallest absolute Gasteiger partial charge is 0.173 e. The zero-order chi connectivity index (χ0) is 7.68. The van der Waals surface area contributed by atoms with Crippen molar-refractivity contribution < 1.29 is 0 Å². The average Bonchev–Trinajstić information content (AvgIpc) is 2.55. The highest BCUT2D eigenvalue weighted by Gasteiger charge is 2.15. The molecule has 11 heavy (non-hydrogen) atoms. The number of imidazole rings is 1. The van der Waals surface area contributed by atoms with Crippen LogP contribution in [0.4, 0.5) is 0 Å². The monoisotopic (exact) mass is 150 g/mol. The Labute approximate surface area is 65.0 Å². The Morgan fingerprint density at radius 1 is 1.64 bits per heavy atom. The molecule has 58 valence electrons. The lowest BCUT2D eigenvalue weighted by molar-refractivity contribution is 0.554. The summed E-state index contributed by atoms with van der Waals surface area (Å²) in [5, 5.41) is 0. The molecule has 4 heteroatoms. The molecule has 2 heterocycles. The van der Waals surface area contributed by atoms with Crippen molar-refractivity contribution in [3.05, 3.63) is 18.2 Å². The number of likely N-dealkylation sites (N-methyl/N-ethyl adjacent to an activating group) is 1. The van der Waals surface area contributed by atoms with Crippen molar-refractivity contribution in [3.63, 3.8) is 0 Å². The molecule has 0 spiro atoms. The molecule has 0 radical (unpaired) electrons. The highest BCUT2D eigenvalue weighted by Crippen LogP contribution is 2.03. The number of nitrogens with one attached hydrogen (secondary N) is 1. The van der Waals surface area contributed by atoms with E-state index in [1.165, 1.54) is 0 Å². The van der Waals surface area contributed by atoms with Gasteiger partial charge in [-0.15, -0.1) is 0 Å². The van der Waals surface area contributed by atoms with Gasteiger partial charge in [-0.1, -0.05) is 0 Å². The van der Waals surface area contributed by atoms with Gasteiger partial charge in [-0.3, -0.25) is 4.99 Å². The van der Waals surface area contributed by atoms with Gasteiger partial charge in [0, 0.05) is 26.0 Å². The first kappa shape index (κ1) is 6.39. The van der Waals surface area contributed by atoms with Gasteiger partial charge >= 0.3 is 0 Å². The van der Waals surface area contributed by atoms with Crippen LogP contribution in [-0.2, 0) is 0 Å². The molecule has 1 aliphatic heterocycles. The Hall–Kier alpha value is -1.32. The van der Waals surface area contributed by atoms with Crippen molar-refractivity contribution in [1.82, 2.24) is 14.9 Å². The van der Waals surface area contributed by atoms with Crippen molar-refractivity contribution in [2.75, 3.05) is 20.1 Å². The quantitative estimate of drug-likeness (QED) is 0.617. The van der Waals surface area contributed by atoms with Crippen LogP contribution < -0.4 is 0 Å². The molecule has 1 N–H and O–H groups in total. The van der Waals surface area contributed by atoms with Crippen molar-refractivity contribution in [2.24, 2.45) is 4.99 Å². The molecule has 0 unspecified atom stereocenters. The van der Waals surface area contributed by atoms with Gasteiger partial charge in [-0.05, 0) is 0 Å². The van der Waals surface area contributed by atoms with E-state index in [1.54, 1.807) is 6.20 Å². The fourth-order valence-electron chi connectivity index (χ4n) is 1.18. The first-order valence-electron chi connectivity index (χ1n) is 3.63. The molecule has 4 nitrogen and oxygen atoms in total. The minimum atomic E-state index is 0.866. The number of H-pyrrole nitrogens is 1. The zero-order valence-electron chi connectivity index (χ0n) is 6.41. The van der Waals surface area contributed by atoms with Gasteiger partial charge in [0.15, 0.2) is 11.7 Å². The Kier molecular flexibility index (Phi) is 1.38. The van der Waals surface area contributed by atoms with E-state index in [-0.39, 0.29) is 0 Å². The molecule has 1 aliphatic rings. The zero-order valence-corrected chi connectivity index (χ0v) is 6.41. The van der Waals surface area contributed by atoms with E-state index >= 15 is 0 Å². The maximum absolute atomic E-state index is 4.31. The summed E-state index contributed by atoms with van der Waals surface area (Å²) in [6.45, 7) is 1.88. The molecular formula is C7H10N4. The summed E-state index contributed by atoms with van der Waals surface area (Å²) < 4.78 is 0. The molecule has 0 saturated carbocycles. The molecular weight excluding hydrogens is 140 g/mol. The lowest BCUT2D eigenvalue weighted by Gasteiger charge is -2.10. The van der Waals surface area contributed by atoms with Crippen molar-refractivity contribution in [1.29, 1.82) is 0 Å². The van der Waals surface area contributed by atoms with E-state index in [1.807, 2.05) is 13.2 Å².